The van der Waals surface area contributed by atoms with Crippen LogP contribution in [-0.4, -0.2) is 19.9 Å². The van der Waals surface area contributed by atoms with Gasteiger partial charge in [0, 0.05) is 12.7 Å². The zero-order chi connectivity index (χ0) is 15.3. The Morgan fingerprint density at radius 2 is 1.95 bits per heavy atom. The van der Waals surface area contributed by atoms with Crippen molar-refractivity contribution in [3.8, 4) is 6.07 Å². The molecule has 0 radical (unpaired) electrons. The zero-order valence-corrected chi connectivity index (χ0v) is 12.0. The van der Waals surface area contributed by atoms with Crippen LogP contribution in [0.5, 0.6) is 0 Å². The van der Waals surface area contributed by atoms with Crippen LogP contribution in [0.2, 0.25) is 0 Å². The molecule has 7 heteroatoms. The minimum Gasteiger partial charge on any atom is -0.369 e. The number of benzene rings is 1. The first-order valence-electron chi connectivity index (χ1n) is 6.21. The Hall–Kier alpha value is -2.43. The van der Waals surface area contributed by atoms with E-state index in [1.54, 1.807) is 30.5 Å². The fraction of sp³-hybridized carbons (Fsp3) is 0.143. The third-order valence-electron chi connectivity index (χ3n) is 2.89. The summed E-state index contributed by atoms with van der Waals surface area (Å²) < 4.78 is 22.3. The van der Waals surface area contributed by atoms with Crippen molar-refractivity contribution in [2.45, 2.75) is 11.3 Å². The topological polar surface area (TPSA) is 109 Å². The van der Waals surface area contributed by atoms with Crippen molar-refractivity contribution in [1.82, 2.24) is 4.98 Å². The lowest BCUT2D eigenvalue weighted by molar-refractivity contribution is 0.598. The number of anilines is 1. The predicted molar refractivity (Wildman–Crippen MR) is 79.0 cm³/mol. The monoisotopic (exact) mass is 302 g/mol. The van der Waals surface area contributed by atoms with Crippen molar-refractivity contribution < 1.29 is 8.42 Å². The number of pyridine rings is 1. The Bertz CT molecular complexity index is 764. The zero-order valence-electron chi connectivity index (χ0n) is 11.2. The van der Waals surface area contributed by atoms with Gasteiger partial charge in [0.2, 0.25) is 10.0 Å². The first-order chi connectivity index (χ1) is 10.0. The first kappa shape index (κ1) is 15.0. The minimum absolute atomic E-state index is 0.0932. The van der Waals surface area contributed by atoms with Crippen LogP contribution in [0, 0.1) is 11.3 Å². The Kier molecular flexibility index (Phi) is 4.52. The maximum absolute atomic E-state index is 11.1. The van der Waals surface area contributed by atoms with Crippen LogP contribution in [0.25, 0.3) is 0 Å². The van der Waals surface area contributed by atoms with Gasteiger partial charge in [0.15, 0.2) is 0 Å². The summed E-state index contributed by atoms with van der Waals surface area (Å²) in [6, 6.07) is 11.8. The highest BCUT2D eigenvalue weighted by Gasteiger charge is 2.06. The van der Waals surface area contributed by atoms with Gasteiger partial charge in [-0.15, -0.1) is 0 Å². The minimum atomic E-state index is -3.65. The molecule has 6 nitrogen and oxygen atoms in total. The molecule has 0 bridgehead atoms. The number of nitriles is 1. The molecular formula is C14H14N4O2S. The average molecular weight is 302 g/mol. The molecule has 2 aromatic rings. The second kappa shape index (κ2) is 6.35. The highest BCUT2D eigenvalue weighted by atomic mass is 32.2. The number of primary sulfonamides is 1. The molecule has 0 saturated heterocycles. The van der Waals surface area contributed by atoms with E-state index < -0.39 is 10.0 Å². The summed E-state index contributed by atoms with van der Waals surface area (Å²) in [7, 11) is -3.65. The molecule has 0 unspecified atom stereocenters. The molecule has 1 aromatic carbocycles. The van der Waals surface area contributed by atoms with E-state index in [1.165, 1.54) is 12.1 Å². The van der Waals surface area contributed by atoms with Crippen molar-refractivity contribution in [3.63, 3.8) is 0 Å². The fourth-order valence-corrected chi connectivity index (χ4v) is 2.32. The van der Waals surface area contributed by atoms with Gasteiger partial charge in [-0.1, -0.05) is 12.1 Å². The summed E-state index contributed by atoms with van der Waals surface area (Å²) in [6.45, 7) is 0.584. The van der Waals surface area contributed by atoms with Gasteiger partial charge < -0.3 is 5.32 Å². The smallest absolute Gasteiger partial charge is 0.238 e. The van der Waals surface area contributed by atoms with Crippen LogP contribution in [0.15, 0.2) is 47.5 Å². The second-order valence-corrected chi connectivity index (χ2v) is 5.94. The van der Waals surface area contributed by atoms with E-state index in [2.05, 4.69) is 16.4 Å². The highest BCUT2D eigenvalue weighted by molar-refractivity contribution is 7.89. The first-order valence-corrected chi connectivity index (χ1v) is 7.76. The summed E-state index contributed by atoms with van der Waals surface area (Å²) in [5.41, 5.74) is 1.45. The third-order valence-corrected chi connectivity index (χ3v) is 3.82. The van der Waals surface area contributed by atoms with Gasteiger partial charge in [0.05, 0.1) is 10.5 Å². The molecule has 1 heterocycles. The van der Waals surface area contributed by atoms with Gasteiger partial charge in [-0.3, -0.25) is 0 Å². The van der Waals surface area contributed by atoms with E-state index in [4.69, 9.17) is 10.4 Å². The number of aromatic nitrogens is 1. The van der Waals surface area contributed by atoms with Gasteiger partial charge in [-0.05, 0) is 36.2 Å². The van der Waals surface area contributed by atoms with Gasteiger partial charge in [0.25, 0.3) is 0 Å². The quantitative estimate of drug-likeness (QED) is 0.864. The third kappa shape index (κ3) is 4.02. The molecule has 108 valence electrons. The lowest BCUT2D eigenvalue weighted by atomic mass is 10.1. The summed E-state index contributed by atoms with van der Waals surface area (Å²) in [6.07, 6.45) is 2.29. The molecule has 0 aliphatic heterocycles. The van der Waals surface area contributed by atoms with Crippen molar-refractivity contribution in [3.05, 3.63) is 53.7 Å². The Labute approximate surface area is 123 Å². The standard InChI is InChI=1S/C14H14N4O2S/c15-10-12-2-1-8-17-14(12)18-9-7-11-3-5-13(6-4-11)21(16,19)20/h1-6,8H,7,9H2,(H,17,18)(H2,16,19,20). The molecule has 0 aliphatic carbocycles. The van der Waals surface area contributed by atoms with E-state index in [0.29, 0.717) is 24.3 Å². The number of rotatable bonds is 5. The molecule has 0 saturated carbocycles. The number of sulfonamides is 1. The second-order valence-electron chi connectivity index (χ2n) is 4.38. The van der Waals surface area contributed by atoms with Crippen molar-refractivity contribution in [2.75, 3.05) is 11.9 Å². The van der Waals surface area contributed by atoms with E-state index in [0.717, 1.165) is 5.56 Å². The number of nitrogens with zero attached hydrogens (tertiary/aromatic N) is 2. The van der Waals surface area contributed by atoms with E-state index in [9.17, 15) is 8.42 Å². The molecule has 2 rings (SSSR count). The normalized spacial score (nSPS) is 10.9. The van der Waals surface area contributed by atoms with Crippen LogP contribution < -0.4 is 10.5 Å². The Morgan fingerprint density at radius 3 is 2.57 bits per heavy atom. The lowest BCUT2D eigenvalue weighted by Crippen LogP contribution is -2.12. The lowest BCUT2D eigenvalue weighted by Gasteiger charge is -2.07. The number of nitrogens with one attached hydrogen (secondary N) is 1. The van der Waals surface area contributed by atoms with Crippen LogP contribution >= 0.6 is 0 Å². The van der Waals surface area contributed by atoms with Crippen molar-refractivity contribution >= 4 is 15.8 Å². The molecule has 21 heavy (non-hydrogen) atoms. The van der Waals surface area contributed by atoms with E-state index in [1.807, 2.05) is 0 Å². The largest absolute Gasteiger partial charge is 0.369 e. The van der Waals surface area contributed by atoms with Crippen molar-refractivity contribution in [1.29, 1.82) is 5.26 Å². The highest BCUT2D eigenvalue weighted by Crippen LogP contribution is 2.11. The molecule has 0 amide bonds. The maximum Gasteiger partial charge on any atom is 0.238 e. The Balaban J connectivity index is 1.97. The van der Waals surface area contributed by atoms with Gasteiger partial charge in [-0.2, -0.15) is 5.26 Å². The SMILES string of the molecule is N#Cc1cccnc1NCCc1ccc(S(N)(=O)=O)cc1. The predicted octanol–water partition coefficient (Wildman–Crippen LogP) is 1.26. The molecule has 0 fully saturated rings. The molecule has 0 atom stereocenters. The van der Waals surface area contributed by atoms with Crippen LogP contribution in [0.3, 0.4) is 0 Å². The summed E-state index contributed by atoms with van der Waals surface area (Å²) in [5, 5.41) is 17.1. The van der Waals surface area contributed by atoms with Gasteiger partial charge in [0.1, 0.15) is 11.9 Å². The summed E-state index contributed by atoms with van der Waals surface area (Å²) >= 11 is 0. The molecular weight excluding hydrogens is 288 g/mol. The molecule has 0 spiro atoms. The molecule has 3 N–H and O–H groups in total. The van der Waals surface area contributed by atoms with E-state index in [-0.39, 0.29) is 4.90 Å². The number of hydrogen-bond donors (Lipinski definition) is 2. The molecule has 0 aliphatic rings. The average Bonchev–Trinajstić information content (AvgIpc) is 2.47. The Morgan fingerprint density at radius 1 is 1.24 bits per heavy atom. The number of nitrogens with two attached hydrogens (primary N) is 1. The van der Waals surface area contributed by atoms with Gasteiger partial charge >= 0.3 is 0 Å². The molecule has 1 aromatic heterocycles. The van der Waals surface area contributed by atoms with Gasteiger partial charge in [-0.25, -0.2) is 18.5 Å². The summed E-state index contributed by atoms with van der Waals surface area (Å²) in [5.74, 6) is 0.543. The number of hydrogen-bond acceptors (Lipinski definition) is 5. The van der Waals surface area contributed by atoms with E-state index >= 15 is 0 Å². The maximum atomic E-state index is 11.1. The van der Waals surface area contributed by atoms with Crippen LogP contribution in [0.1, 0.15) is 11.1 Å². The van der Waals surface area contributed by atoms with Crippen molar-refractivity contribution in [2.24, 2.45) is 5.14 Å². The van der Waals surface area contributed by atoms with Crippen LogP contribution in [-0.2, 0) is 16.4 Å². The summed E-state index contributed by atoms with van der Waals surface area (Å²) in [4.78, 5) is 4.19. The fourth-order valence-electron chi connectivity index (χ4n) is 1.81. The van der Waals surface area contributed by atoms with Crippen LogP contribution in [0.4, 0.5) is 5.82 Å².